The molecule has 0 bridgehead atoms. The van der Waals surface area contributed by atoms with E-state index in [1.165, 1.54) is 12.1 Å². The molecule has 0 saturated carbocycles. The van der Waals surface area contributed by atoms with Crippen LogP contribution in [-0.2, 0) is 11.2 Å². The van der Waals surface area contributed by atoms with Crippen molar-refractivity contribution in [3.8, 4) is 0 Å². The van der Waals surface area contributed by atoms with Crippen LogP contribution in [0, 0.1) is 5.82 Å². The van der Waals surface area contributed by atoms with E-state index in [2.05, 4.69) is 4.98 Å². The number of pyridine rings is 1. The number of rotatable bonds is 0. The maximum absolute atomic E-state index is 13.0. The number of fused-ring (bicyclic) bond motifs is 2. The van der Waals surface area contributed by atoms with E-state index in [0.717, 1.165) is 5.56 Å². The Balaban J connectivity index is 2.30. The molecule has 0 saturated heterocycles. The van der Waals surface area contributed by atoms with Crippen molar-refractivity contribution in [1.29, 1.82) is 0 Å². The summed E-state index contributed by atoms with van der Waals surface area (Å²) < 4.78 is 17.9. The van der Waals surface area contributed by atoms with Gasteiger partial charge in [0.2, 0.25) is 0 Å². The molecule has 0 atom stereocenters. The summed E-state index contributed by atoms with van der Waals surface area (Å²) in [7, 11) is 0. The van der Waals surface area contributed by atoms with Crippen LogP contribution < -0.4 is 0 Å². The van der Waals surface area contributed by atoms with Crippen LogP contribution in [0.2, 0.25) is 0 Å². The molecule has 0 aliphatic carbocycles. The third-order valence-corrected chi connectivity index (χ3v) is 2.65. The smallest absolute Gasteiger partial charge is 0.357 e. The molecule has 0 unspecified atom stereocenters. The lowest BCUT2D eigenvalue weighted by molar-refractivity contribution is 0.0472. The number of hydrogen-bond acceptors (Lipinski definition) is 3. The molecule has 16 heavy (non-hydrogen) atoms. The molecule has 0 fully saturated rings. The van der Waals surface area contributed by atoms with Crippen LogP contribution in [-0.4, -0.2) is 17.6 Å². The molecule has 3 rings (SSSR count). The highest BCUT2D eigenvalue weighted by molar-refractivity contribution is 5.93. The summed E-state index contributed by atoms with van der Waals surface area (Å²) in [6, 6.07) is 6.12. The zero-order chi connectivity index (χ0) is 11.1. The summed E-state index contributed by atoms with van der Waals surface area (Å²) in [5.74, 6) is -0.694. The van der Waals surface area contributed by atoms with E-state index in [1.54, 1.807) is 12.1 Å². The van der Waals surface area contributed by atoms with Crippen LogP contribution in [0.5, 0.6) is 0 Å². The van der Waals surface area contributed by atoms with Crippen molar-refractivity contribution < 1.29 is 13.9 Å². The molecule has 2 heterocycles. The second kappa shape index (κ2) is 3.27. The minimum absolute atomic E-state index is 0.298. The summed E-state index contributed by atoms with van der Waals surface area (Å²) in [5, 5.41) is 0.716. The van der Waals surface area contributed by atoms with Gasteiger partial charge < -0.3 is 4.74 Å². The van der Waals surface area contributed by atoms with Gasteiger partial charge in [0.05, 0.1) is 12.1 Å². The Labute approximate surface area is 90.9 Å². The molecule has 1 aromatic carbocycles. The highest BCUT2D eigenvalue weighted by atomic mass is 19.1. The van der Waals surface area contributed by atoms with Gasteiger partial charge in [-0.3, -0.25) is 0 Å². The molecule has 3 nitrogen and oxygen atoms in total. The van der Waals surface area contributed by atoms with E-state index in [1.807, 2.05) is 0 Å². The van der Waals surface area contributed by atoms with Crippen LogP contribution in [0.3, 0.4) is 0 Å². The quantitative estimate of drug-likeness (QED) is 0.634. The first kappa shape index (κ1) is 9.27. The highest BCUT2D eigenvalue weighted by Crippen LogP contribution is 2.21. The summed E-state index contributed by atoms with van der Waals surface area (Å²) in [6.45, 7) is 0.369. The Bertz CT molecular complexity index is 595. The maximum Gasteiger partial charge on any atom is 0.357 e. The standard InChI is InChI=1S/C12H8FNO2/c13-9-1-2-10-8(6-9)5-7-3-4-16-12(15)11(7)14-10/h1-2,5-6H,3-4H2. The number of aromatic nitrogens is 1. The number of halogens is 1. The van der Waals surface area contributed by atoms with E-state index in [4.69, 9.17) is 4.74 Å². The lowest BCUT2D eigenvalue weighted by Gasteiger charge is -2.15. The van der Waals surface area contributed by atoms with E-state index in [-0.39, 0.29) is 5.82 Å². The van der Waals surface area contributed by atoms with Gasteiger partial charge >= 0.3 is 5.97 Å². The average molecular weight is 217 g/mol. The summed E-state index contributed by atoms with van der Waals surface area (Å²) >= 11 is 0. The monoisotopic (exact) mass is 217 g/mol. The summed E-state index contributed by atoms with van der Waals surface area (Å²) in [6.07, 6.45) is 0.639. The van der Waals surface area contributed by atoms with Gasteiger partial charge in [0, 0.05) is 11.8 Å². The molecule has 0 radical (unpaired) electrons. The van der Waals surface area contributed by atoms with E-state index >= 15 is 0 Å². The third-order valence-electron chi connectivity index (χ3n) is 2.65. The zero-order valence-electron chi connectivity index (χ0n) is 8.37. The molecule has 80 valence electrons. The molecule has 0 spiro atoms. The number of carbonyl (C=O) groups excluding carboxylic acids is 1. The van der Waals surface area contributed by atoms with Crippen molar-refractivity contribution in [3.05, 3.63) is 41.3 Å². The lowest BCUT2D eigenvalue weighted by atomic mass is 10.1. The number of esters is 1. The van der Waals surface area contributed by atoms with Crippen LogP contribution >= 0.6 is 0 Å². The van der Waals surface area contributed by atoms with Gasteiger partial charge in [0.15, 0.2) is 5.69 Å². The fourth-order valence-corrected chi connectivity index (χ4v) is 1.88. The van der Waals surface area contributed by atoms with Crippen LogP contribution in [0.25, 0.3) is 10.9 Å². The van der Waals surface area contributed by atoms with Crippen molar-refractivity contribution in [2.24, 2.45) is 0 Å². The van der Waals surface area contributed by atoms with E-state index in [0.29, 0.717) is 29.6 Å². The predicted molar refractivity (Wildman–Crippen MR) is 55.7 cm³/mol. The number of nitrogens with zero attached hydrogens (tertiary/aromatic N) is 1. The number of benzene rings is 1. The van der Waals surface area contributed by atoms with Gasteiger partial charge in [-0.25, -0.2) is 14.2 Å². The van der Waals surface area contributed by atoms with Gasteiger partial charge in [-0.05, 0) is 29.8 Å². The first-order chi connectivity index (χ1) is 7.74. The number of carbonyl (C=O) groups is 1. The molecular formula is C12H8FNO2. The Morgan fingerprint density at radius 2 is 2.19 bits per heavy atom. The van der Waals surface area contributed by atoms with Crippen LogP contribution in [0.4, 0.5) is 4.39 Å². The first-order valence-corrected chi connectivity index (χ1v) is 5.00. The van der Waals surface area contributed by atoms with Crippen molar-refractivity contribution in [1.82, 2.24) is 4.98 Å². The van der Waals surface area contributed by atoms with Crippen molar-refractivity contribution in [2.75, 3.05) is 6.61 Å². The highest BCUT2D eigenvalue weighted by Gasteiger charge is 2.20. The molecule has 4 heteroatoms. The predicted octanol–water partition coefficient (Wildman–Crippen LogP) is 2.09. The molecular weight excluding hydrogens is 209 g/mol. The number of hydrogen-bond donors (Lipinski definition) is 0. The molecule has 0 amide bonds. The minimum Gasteiger partial charge on any atom is -0.461 e. The Morgan fingerprint density at radius 3 is 3.06 bits per heavy atom. The summed E-state index contributed by atoms with van der Waals surface area (Å²) in [5.41, 5.74) is 1.79. The van der Waals surface area contributed by atoms with Crippen molar-refractivity contribution in [2.45, 2.75) is 6.42 Å². The summed E-state index contributed by atoms with van der Waals surface area (Å²) in [4.78, 5) is 15.6. The van der Waals surface area contributed by atoms with Crippen LogP contribution in [0.1, 0.15) is 16.1 Å². The van der Waals surface area contributed by atoms with Gasteiger partial charge in [-0.1, -0.05) is 0 Å². The second-order valence-electron chi connectivity index (χ2n) is 3.72. The van der Waals surface area contributed by atoms with Gasteiger partial charge in [-0.2, -0.15) is 0 Å². The second-order valence-corrected chi connectivity index (χ2v) is 3.72. The molecule has 1 aliphatic heterocycles. The first-order valence-electron chi connectivity index (χ1n) is 5.00. The third kappa shape index (κ3) is 1.34. The number of cyclic esters (lactones) is 1. The van der Waals surface area contributed by atoms with E-state index < -0.39 is 5.97 Å². The SMILES string of the molecule is O=C1OCCc2cc3cc(F)ccc3nc21. The van der Waals surface area contributed by atoms with Crippen molar-refractivity contribution in [3.63, 3.8) is 0 Å². The Hall–Kier alpha value is -1.97. The van der Waals surface area contributed by atoms with Crippen molar-refractivity contribution >= 4 is 16.9 Å². The zero-order valence-corrected chi connectivity index (χ0v) is 8.37. The van der Waals surface area contributed by atoms with Gasteiger partial charge in [-0.15, -0.1) is 0 Å². The van der Waals surface area contributed by atoms with Crippen LogP contribution in [0.15, 0.2) is 24.3 Å². The average Bonchev–Trinajstić information content (AvgIpc) is 2.27. The van der Waals surface area contributed by atoms with E-state index in [9.17, 15) is 9.18 Å². The topological polar surface area (TPSA) is 39.2 Å². The molecule has 2 aromatic rings. The fourth-order valence-electron chi connectivity index (χ4n) is 1.88. The lowest BCUT2D eigenvalue weighted by Crippen LogP contribution is -2.19. The minimum atomic E-state index is -0.396. The molecule has 0 N–H and O–H groups in total. The van der Waals surface area contributed by atoms with Gasteiger partial charge in [0.25, 0.3) is 0 Å². The maximum atomic E-state index is 13.0. The normalized spacial score (nSPS) is 14.7. The fraction of sp³-hybridized carbons (Fsp3) is 0.167. The molecule has 1 aliphatic rings. The molecule has 1 aromatic heterocycles. The van der Waals surface area contributed by atoms with Gasteiger partial charge in [0.1, 0.15) is 5.82 Å². The Kier molecular flexibility index (Phi) is 1.89. The largest absolute Gasteiger partial charge is 0.461 e. The Morgan fingerprint density at radius 1 is 1.31 bits per heavy atom. The number of ether oxygens (including phenoxy) is 1.